The van der Waals surface area contributed by atoms with Gasteiger partial charge in [-0.1, -0.05) is 18.2 Å². The number of carbonyl (C=O) groups is 1. The number of hydrogen-bond donors (Lipinski definition) is 4. The Morgan fingerprint density at radius 3 is 2.76 bits per heavy atom. The van der Waals surface area contributed by atoms with Gasteiger partial charge in [-0.25, -0.2) is 13.8 Å². The number of ether oxygens (including phenoxy) is 1. The maximum absolute atomic E-state index is 13.5. The third kappa shape index (κ3) is 4.84. The predicted octanol–water partition coefficient (Wildman–Crippen LogP) is 3.82. The van der Waals surface area contributed by atoms with Gasteiger partial charge in [0, 0.05) is 5.56 Å². The Kier molecular flexibility index (Phi) is 6.62. The molecule has 3 aromatic carbocycles. The summed E-state index contributed by atoms with van der Waals surface area (Å²) >= 11 is 0. The molecule has 4 aromatic rings. The number of halogens is 2. The van der Waals surface area contributed by atoms with Gasteiger partial charge in [-0.15, -0.1) is 0 Å². The smallest absolute Gasteiger partial charge is 0.258 e. The van der Waals surface area contributed by atoms with E-state index in [1.807, 2.05) is 0 Å². The number of fused-ring (bicyclic) bond motifs is 1. The van der Waals surface area contributed by atoms with Gasteiger partial charge in [0.1, 0.15) is 42.3 Å². The number of rotatable bonds is 8. The van der Waals surface area contributed by atoms with Gasteiger partial charge in [0.05, 0.1) is 23.4 Å². The first-order valence-electron chi connectivity index (χ1n) is 10.2. The number of anilines is 1. The first-order valence-corrected chi connectivity index (χ1v) is 10.2. The van der Waals surface area contributed by atoms with Crippen LogP contribution in [0.5, 0.6) is 5.75 Å². The second-order valence-electron chi connectivity index (χ2n) is 7.32. The minimum Gasteiger partial charge on any atom is -0.489 e. The maximum Gasteiger partial charge on any atom is 0.258 e. The minimum absolute atomic E-state index is 0.143. The highest BCUT2D eigenvalue weighted by Crippen LogP contribution is 2.29. The van der Waals surface area contributed by atoms with Crippen molar-refractivity contribution < 1.29 is 28.5 Å². The van der Waals surface area contributed by atoms with E-state index in [4.69, 9.17) is 9.84 Å². The monoisotopic (exact) mass is 453 g/mol. The molecule has 1 atom stereocenters. The molecule has 0 saturated carbocycles. The lowest BCUT2D eigenvalue weighted by atomic mass is 10.1. The van der Waals surface area contributed by atoms with Crippen LogP contribution >= 0.6 is 0 Å². The average Bonchev–Trinajstić information content (AvgIpc) is 3.27. The summed E-state index contributed by atoms with van der Waals surface area (Å²) in [6, 6.07) is 15.5. The number of hydrogen-bond acceptors (Lipinski definition) is 5. The molecular weight excluding hydrogens is 432 g/mol. The molecule has 0 fully saturated rings. The van der Waals surface area contributed by atoms with E-state index in [9.17, 15) is 18.7 Å². The maximum atomic E-state index is 13.5. The standard InChI is InChI=1S/C24H21F2N3O4/c25-11-14-10-15(26)8-9-17(14)23-27-20-6-3-4-18(22(20)29-23)24(32)28-19-5-1-2-7-21(19)33-13-16(31)12-30/h1-10,16,30-31H,11-13H2,(H,27,29)(H,28,32). The van der Waals surface area contributed by atoms with Crippen molar-refractivity contribution in [2.75, 3.05) is 18.5 Å². The van der Waals surface area contributed by atoms with Crippen LogP contribution in [0.3, 0.4) is 0 Å². The second kappa shape index (κ2) is 9.76. The summed E-state index contributed by atoms with van der Waals surface area (Å²) in [5.41, 5.74) is 2.12. The molecule has 0 aliphatic heterocycles. The zero-order valence-corrected chi connectivity index (χ0v) is 17.4. The Hall–Kier alpha value is -3.82. The van der Waals surface area contributed by atoms with Crippen LogP contribution in [-0.4, -0.2) is 45.4 Å². The number of benzene rings is 3. The van der Waals surface area contributed by atoms with Crippen LogP contribution in [0, 0.1) is 5.82 Å². The lowest BCUT2D eigenvalue weighted by molar-refractivity contribution is 0.0538. The van der Waals surface area contributed by atoms with E-state index in [1.54, 1.807) is 42.5 Å². The number of H-pyrrole nitrogens is 1. The van der Waals surface area contributed by atoms with Gasteiger partial charge in [-0.3, -0.25) is 4.79 Å². The highest BCUT2D eigenvalue weighted by atomic mass is 19.1. The van der Waals surface area contributed by atoms with Crippen LogP contribution in [0.2, 0.25) is 0 Å². The summed E-state index contributed by atoms with van der Waals surface area (Å²) in [5, 5.41) is 21.2. The van der Waals surface area contributed by atoms with Gasteiger partial charge in [0.2, 0.25) is 0 Å². The van der Waals surface area contributed by atoms with Crippen molar-refractivity contribution in [3.8, 4) is 17.1 Å². The Morgan fingerprint density at radius 1 is 1.15 bits per heavy atom. The van der Waals surface area contributed by atoms with Crippen LogP contribution < -0.4 is 10.1 Å². The fourth-order valence-corrected chi connectivity index (χ4v) is 3.37. The third-order valence-corrected chi connectivity index (χ3v) is 5.00. The topological polar surface area (TPSA) is 107 Å². The van der Waals surface area contributed by atoms with Gasteiger partial charge in [0.15, 0.2) is 0 Å². The summed E-state index contributed by atoms with van der Waals surface area (Å²) in [4.78, 5) is 20.6. The van der Waals surface area contributed by atoms with Crippen molar-refractivity contribution in [3.05, 3.63) is 77.6 Å². The van der Waals surface area contributed by atoms with Crippen LogP contribution in [0.1, 0.15) is 15.9 Å². The lowest BCUT2D eigenvalue weighted by Gasteiger charge is -2.14. The van der Waals surface area contributed by atoms with Crippen molar-refractivity contribution >= 4 is 22.6 Å². The molecule has 0 bridgehead atoms. The second-order valence-corrected chi connectivity index (χ2v) is 7.32. The van der Waals surface area contributed by atoms with Gasteiger partial charge >= 0.3 is 0 Å². The summed E-state index contributed by atoms with van der Waals surface area (Å²) in [6.07, 6.45) is -1.05. The molecule has 9 heteroatoms. The molecule has 1 aromatic heterocycles. The number of alkyl halides is 1. The van der Waals surface area contributed by atoms with Gasteiger partial charge in [0.25, 0.3) is 5.91 Å². The Morgan fingerprint density at radius 2 is 1.97 bits per heavy atom. The molecule has 1 unspecified atom stereocenters. The molecule has 0 spiro atoms. The van der Waals surface area contributed by atoms with E-state index >= 15 is 0 Å². The molecule has 0 saturated heterocycles. The van der Waals surface area contributed by atoms with Crippen molar-refractivity contribution in [3.63, 3.8) is 0 Å². The molecule has 1 amide bonds. The number of aliphatic hydroxyl groups excluding tert-OH is 2. The van der Waals surface area contributed by atoms with E-state index in [0.717, 1.165) is 6.07 Å². The normalized spacial score (nSPS) is 12.0. The van der Waals surface area contributed by atoms with Crippen LogP contribution in [0.25, 0.3) is 22.4 Å². The summed E-state index contributed by atoms with van der Waals surface area (Å²) in [6.45, 7) is -1.45. The number of carbonyl (C=O) groups excluding carboxylic acids is 1. The SMILES string of the molecule is O=C(Nc1ccccc1OCC(O)CO)c1cccc2[nH]c(-c3ccc(F)cc3CF)nc12. The molecule has 0 aliphatic rings. The molecule has 7 nitrogen and oxygen atoms in total. The predicted molar refractivity (Wildman–Crippen MR) is 119 cm³/mol. The lowest BCUT2D eigenvalue weighted by Crippen LogP contribution is -2.22. The number of nitrogens with zero attached hydrogens (tertiary/aromatic N) is 1. The number of aromatic amines is 1. The highest BCUT2D eigenvalue weighted by molar-refractivity contribution is 6.12. The highest BCUT2D eigenvalue weighted by Gasteiger charge is 2.18. The fourth-order valence-electron chi connectivity index (χ4n) is 3.37. The Bertz CT molecular complexity index is 1290. The van der Waals surface area contributed by atoms with Crippen LogP contribution in [0.4, 0.5) is 14.5 Å². The van der Waals surface area contributed by atoms with Crippen molar-refractivity contribution in [2.24, 2.45) is 0 Å². The number of nitrogens with one attached hydrogen (secondary N) is 2. The third-order valence-electron chi connectivity index (χ3n) is 5.00. The molecule has 170 valence electrons. The van der Waals surface area contributed by atoms with E-state index in [2.05, 4.69) is 15.3 Å². The first kappa shape index (κ1) is 22.4. The number of imidazole rings is 1. The summed E-state index contributed by atoms with van der Waals surface area (Å²) in [5.74, 6) is -0.357. The summed E-state index contributed by atoms with van der Waals surface area (Å²) < 4.78 is 32.4. The number of aliphatic hydroxyl groups is 2. The number of amides is 1. The molecule has 33 heavy (non-hydrogen) atoms. The van der Waals surface area contributed by atoms with Crippen molar-refractivity contribution in [2.45, 2.75) is 12.8 Å². The quantitative estimate of drug-likeness (QED) is 0.324. The molecular formula is C24H21F2N3O4. The van der Waals surface area contributed by atoms with E-state index in [0.29, 0.717) is 33.9 Å². The first-order chi connectivity index (χ1) is 16.0. The van der Waals surface area contributed by atoms with Gasteiger partial charge < -0.3 is 25.3 Å². The molecule has 1 heterocycles. The fraction of sp³-hybridized carbons (Fsp3) is 0.167. The van der Waals surface area contributed by atoms with E-state index in [1.165, 1.54) is 12.1 Å². The molecule has 4 N–H and O–H groups in total. The van der Waals surface area contributed by atoms with Crippen LogP contribution in [-0.2, 0) is 6.67 Å². The zero-order chi connectivity index (χ0) is 23.4. The average molecular weight is 453 g/mol. The van der Waals surface area contributed by atoms with E-state index in [-0.39, 0.29) is 17.7 Å². The largest absolute Gasteiger partial charge is 0.489 e. The van der Waals surface area contributed by atoms with Gasteiger partial charge in [-0.2, -0.15) is 0 Å². The van der Waals surface area contributed by atoms with E-state index < -0.39 is 31.1 Å². The number of aromatic nitrogens is 2. The molecule has 0 aliphatic carbocycles. The number of para-hydroxylation sites is 3. The van der Waals surface area contributed by atoms with Gasteiger partial charge in [-0.05, 0) is 48.0 Å². The zero-order valence-electron chi connectivity index (χ0n) is 17.4. The van der Waals surface area contributed by atoms with Crippen molar-refractivity contribution in [1.29, 1.82) is 0 Å². The van der Waals surface area contributed by atoms with Crippen molar-refractivity contribution in [1.82, 2.24) is 9.97 Å². The molecule has 0 radical (unpaired) electrons. The Balaban J connectivity index is 1.64. The van der Waals surface area contributed by atoms with Crippen LogP contribution in [0.15, 0.2) is 60.7 Å². The summed E-state index contributed by atoms with van der Waals surface area (Å²) in [7, 11) is 0. The Labute approximate surface area is 187 Å². The minimum atomic E-state index is -1.05. The molecule has 4 rings (SSSR count).